The smallest absolute Gasteiger partial charge is 0.273 e. The van der Waals surface area contributed by atoms with Crippen LogP contribution >= 0.6 is 7.14 Å². The van der Waals surface area contributed by atoms with E-state index in [4.69, 9.17) is 4.11 Å². The predicted octanol–water partition coefficient (Wildman–Crippen LogP) is 1.97. The van der Waals surface area contributed by atoms with Crippen LogP contribution in [-0.2, 0) is 16.4 Å². The van der Waals surface area contributed by atoms with E-state index in [0.717, 1.165) is 12.8 Å². The van der Waals surface area contributed by atoms with Gasteiger partial charge < -0.3 is 20.5 Å². The maximum Gasteiger partial charge on any atom is 0.273 e. The van der Waals surface area contributed by atoms with Gasteiger partial charge in [0, 0.05) is 41.0 Å². The Hall–Kier alpha value is -3.59. The third kappa shape index (κ3) is 4.93. The average Bonchev–Trinajstić information content (AvgIpc) is 3.52. The SMILES string of the molecule is [2H]C([2H])([2H])NC(=O)c1nnc(NC(=O)C2CC2)cc1Nc1cccc(-c2ncn(C)n2)c1P(C)(C)=O. The minimum Gasteiger partial charge on any atom is -0.354 e. The fraction of sp³-hybridized carbons (Fsp3) is 0.333. The highest BCUT2D eigenvalue weighted by Gasteiger charge is 2.30. The molecule has 2 amide bonds. The second-order valence-corrected chi connectivity index (χ2v) is 11.3. The van der Waals surface area contributed by atoms with Gasteiger partial charge in [-0.25, -0.2) is 4.98 Å². The van der Waals surface area contributed by atoms with E-state index in [-0.39, 0.29) is 29.0 Å². The van der Waals surface area contributed by atoms with Gasteiger partial charge in [-0.3, -0.25) is 14.3 Å². The molecule has 1 saturated carbocycles. The van der Waals surface area contributed by atoms with E-state index >= 15 is 0 Å². The molecule has 0 radical (unpaired) electrons. The quantitative estimate of drug-likeness (QED) is 0.444. The van der Waals surface area contributed by atoms with Crippen molar-refractivity contribution in [2.45, 2.75) is 12.8 Å². The molecule has 3 aromatic rings. The zero-order valence-electron chi connectivity index (χ0n) is 21.3. The molecule has 0 saturated heterocycles. The zero-order chi connectivity index (χ0) is 26.3. The first-order chi connectivity index (χ1) is 16.8. The number of carbonyl (C=O) groups is 2. The summed E-state index contributed by atoms with van der Waals surface area (Å²) < 4.78 is 37.0. The number of hydrogen-bond donors (Lipinski definition) is 3. The fourth-order valence-electron chi connectivity index (χ4n) is 3.36. The number of anilines is 3. The second kappa shape index (κ2) is 8.74. The van der Waals surface area contributed by atoms with Crippen LogP contribution in [-0.4, -0.2) is 57.1 Å². The van der Waals surface area contributed by atoms with Crippen LogP contribution < -0.4 is 21.3 Å². The van der Waals surface area contributed by atoms with E-state index < -0.39 is 20.0 Å². The lowest BCUT2D eigenvalue weighted by atomic mass is 10.1. The standard InChI is InChI=1S/C21H25N8O3P/c1-22-21(31)17-15(10-16(26-27-17)25-20(30)12-8-9-12)24-14-7-5-6-13(18(14)33(3,4)32)19-23-11-29(2)28-19/h5-7,10-12H,8-9H2,1-4H3,(H,22,31)(H2,24,25,26,30)/i1D3. The Morgan fingerprint density at radius 3 is 2.64 bits per heavy atom. The van der Waals surface area contributed by atoms with Crippen LogP contribution in [0.15, 0.2) is 30.6 Å². The molecule has 0 unspecified atom stereocenters. The van der Waals surface area contributed by atoms with Crippen molar-refractivity contribution >= 4 is 41.5 Å². The van der Waals surface area contributed by atoms with Crippen molar-refractivity contribution in [2.75, 3.05) is 30.9 Å². The van der Waals surface area contributed by atoms with Crippen LogP contribution in [0.1, 0.15) is 27.4 Å². The second-order valence-electron chi connectivity index (χ2n) is 8.13. The van der Waals surface area contributed by atoms with Gasteiger partial charge in [0.05, 0.1) is 11.4 Å². The van der Waals surface area contributed by atoms with Gasteiger partial charge in [-0.1, -0.05) is 12.1 Å². The summed E-state index contributed by atoms with van der Waals surface area (Å²) in [6.45, 7) is 0.426. The van der Waals surface area contributed by atoms with Crippen molar-refractivity contribution in [1.29, 1.82) is 0 Å². The third-order valence-electron chi connectivity index (χ3n) is 5.01. The van der Waals surface area contributed by atoms with E-state index in [2.05, 4.69) is 30.9 Å². The number of carbonyl (C=O) groups excluding carboxylic acids is 2. The lowest BCUT2D eigenvalue weighted by Gasteiger charge is -2.19. The van der Waals surface area contributed by atoms with Gasteiger partial charge in [-0.05, 0) is 32.2 Å². The normalized spacial score (nSPS) is 15.2. The monoisotopic (exact) mass is 471 g/mol. The average molecular weight is 471 g/mol. The minimum atomic E-state index is -2.95. The van der Waals surface area contributed by atoms with Crippen LogP contribution in [0, 0.1) is 5.92 Å². The molecule has 1 fully saturated rings. The van der Waals surface area contributed by atoms with Crippen molar-refractivity contribution in [1.82, 2.24) is 30.3 Å². The van der Waals surface area contributed by atoms with Crippen molar-refractivity contribution in [3.05, 3.63) is 36.3 Å². The first-order valence-electron chi connectivity index (χ1n) is 11.6. The van der Waals surface area contributed by atoms with E-state index in [1.807, 2.05) is 5.32 Å². The lowest BCUT2D eigenvalue weighted by molar-refractivity contribution is -0.117. The maximum absolute atomic E-state index is 13.4. The molecule has 172 valence electrons. The van der Waals surface area contributed by atoms with Crippen molar-refractivity contribution in [2.24, 2.45) is 13.0 Å². The number of nitrogens with zero attached hydrogens (tertiary/aromatic N) is 5. The summed E-state index contributed by atoms with van der Waals surface area (Å²) in [4.78, 5) is 29.2. The van der Waals surface area contributed by atoms with Crippen LogP contribution in [0.4, 0.5) is 17.2 Å². The highest BCUT2D eigenvalue weighted by molar-refractivity contribution is 7.70. The molecule has 11 nitrogen and oxygen atoms in total. The Kier molecular flexibility index (Phi) is 5.02. The number of benzene rings is 1. The number of aromatic nitrogens is 5. The summed E-state index contributed by atoms with van der Waals surface area (Å²) >= 11 is 0. The van der Waals surface area contributed by atoms with Crippen molar-refractivity contribution < 1.29 is 18.3 Å². The van der Waals surface area contributed by atoms with Gasteiger partial charge in [0.1, 0.15) is 13.5 Å². The van der Waals surface area contributed by atoms with E-state index in [1.165, 1.54) is 17.1 Å². The summed E-state index contributed by atoms with van der Waals surface area (Å²) in [5, 5.41) is 20.1. The van der Waals surface area contributed by atoms with Crippen LogP contribution in [0.2, 0.25) is 0 Å². The molecule has 4 rings (SSSR count). The molecule has 2 aromatic heterocycles. The molecule has 0 atom stereocenters. The van der Waals surface area contributed by atoms with E-state index in [9.17, 15) is 14.2 Å². The molecule has 2 heterocycles. The molecule has 33 heavy (non-hydrogen) atoms. The highest BCUT2D eigenvalue weighted by atomic mass is 31.2. The van der Waals surface area contributed by atoms with Gasteiger partial charge >= 0.3 is 0 Å². The predicted molar refractivity (Wildman–Crippen MR) is 126 cm³/mol. The zero-order valence-corrected chi connectivity index (χ0v) is 19.2. The Balaban J connectivity index is 1.80. The first-order valence-corrected chi connectivity index (χ1v) is 12.7. The number of nitrogens with one attached hydrogen (secondary N) is 3. The Bertz CT molecular complexity index is 1380. The summed E-state index contributed by atoms with van der Waals surface area (Å²) in [5.74, 6) is -0.858. The maximum atomic E-state index is 13.4. The molecule has 1 aliphatic rings. The molecule has 3 N–H and O–H groups in total. The minimum absolute atomic E-state index is 0.0682. The Labute approximate surface area is 195 Å². The summed E-state index contributed by atoms with van der Waals surface area (Å²) in [6, 6.07) is 6.49. The topological polar surface area (TPSA) is 144 Å². The van der Waals surface area contributed by atoms with Gasteiger partial charge in [-0.15, -0.1) is 10.2 Å². The van der Waals surface area contributed by atoms with Gasteiger partial charge in [-0.2, -0.15) is 5.10 Å². The molecule has 1 aromatic carbocycles. The molecule has 0 bridgehead atoms. The summed E-state index contributed by atoms with van der Waals surface area (Å²) in [7, 11) is -1.23. The van der Waals surface area contributed by atoms with Crippen molar-refractivity contribution in [3.63, 3.8) is 0 Å². The van der Waals surface area contributed by atoms with Crippen molar-refractivity contribution in [3.8, 4) is 11.4 Å². The van der Waals surface area contributed by atoms with Crippen LogP contribution in [0.25, 0.3) is 11.4 Å². The molecular weight excluding hydrogens is 443 g/mol. The molecular formula is C21H25N8O3P. The number of aryl methyl sites for hydroxylation is 1. The molecule has 0 spiro atoms. The molecule has 1 aliphatic carbocycles. The van der Waals surface area contributed by atoms with Gasteiger partial charge in [0.25, 0.3) is 5.91 Å². The Morgan fingerprint density at radius 1 is 1.21 bits per heavy atom. The van der Waals surface area contributed by atoms with E-state index in [1.54, 1.807) is 38.6 Å². The lowest BCUT2D eigenvalue weighted by Crippen LogP contribution is -2.23. The molecule has 0 aliphatic heterocycles. The summed E-state index contributed by atoms with van der Waals surface area (Å²) in [5.41, 5.74) is 0.666. The first kappa shape index (κ1) is 18.9. The number of amides is 2. The number of rotatable bonds is 7. The third-order valence-corrected chi connectivity index (χ3v) is 6.57. The van der Waals surface area contributed by atoms with Gasteiger partial charge in [0.2, 0.25) is 5.91 Å². The molecule has 12 heteroatoms. The summed E-state index contributed by atoms with van der Waals surface area (Å²) in [6.07, 6.45) is 3.08. The van der Waals surface area contributed by atoms with E-state index in [0.29, 0.717) is 22.4 Å². The highest BCUT2D eigenvalue weighted by Crippen LogP contribution is 2.42. The number of hydrogen-bond acceptors (Lipinski definition) is 8. The van der Waals surface area contributed by atoms with Crippen LogP contribution in [0.3, 0.4) is 0 Å². The van der Waals surface area contributed by atoms with Crippen LogP contribution in [0.5, 0.6) is 0 Å². The largest absolute Gasteiger partial charge is 0.354 e. The fourth-order valence-corrected chi connectivity index (χ4v) is 4.83. The Morgan fingerprint density at radius 2 is 2.00 bits per heavy atom. The van der Waals surface area contributed by atoms with Gasteiger partial charge in [0.15, 0.2) is 17.3 Å².